The van der Waals surface area contributed by atoms with Crippen LogP contribution in [0.4, 0.5) is 5.69 Å². The van der Waals surface area contributed by atoms with Gasteiger partial charge >= 0.3 is 0 Å². The third kappa shape index (κ3) is 9.25. The summed E-state index contributed by atoms with van der Waals surface area (Å²) < 4.78 is 4.88. The molecule has 12 aromatic rings. The van der Waals surface area contributed by atoms with Crippen LogP contribution in [0.2, 0.25) is 0 Å². The van der Waals surface area contributed by atoms with Crippen LogP contribution in [0.5, 0.6) is 0 Å². The van der Waals surface area contributed by atoms with Gasteiger partial charge in [0.2, 0.25) is 0 Å². The average Bonchev–Trinajstić information content (AvgIpc) is 3.39. The van der Waals surface area contributed by atoms with E-state index in [1.165, 1.54) is 43.8 Å². The zero-order chi connectivity index (χ0) is 56.0. The standard InChI is InChI=1S/C74H68N6/c1-71(2,3)50-30-36-64-57(42-50)58-43-51(72(4,5)6)31-37-65(58)79(64)62-35-29-49(70-77-68(46-22-16-14-17-23-46)76-69(78-70)47-24-18-15-19-25-47)41-55(62)48-28-34-63(56(40-48)54-26-20-21-27-61(54)75-13)80-66-38-32-52(73(7,8)9)44-59(66)60-45-53(74(10,11)12)33-39-67(60)80/h14-45H,1-12H3. The predicted molar refractivity (Wildman–Crippen MR) is 337 cm³/mol. The monoisotopic (exact) mass is 1040 g/mol. The minimum absolute atomic E-state index is 0.0501. The van der Waals surface area contributed by atoms with Crippen LogP contribution in [0.25, 0.3) is 116 Å². The molecule has 0 fully saturated rings. The highest BCUT2D eigenvalue weighted by Gasteiger charge is 2.27. The molecule has 0 saturated heterocycles. The maximum absolute atomic E-state index is 8.59. The lowest BCUT2D eigenvalue weighted by molar-refractivity contribution is 0.590. The van der Waals surface area contributed by atoms with E-state index in [9.17, 15) is 0 Å². The highest BCUT2D eigenvalue weighted by atomic mass is 15.0. The fourth-order valence-corrected chi connectivity index (χ4v) is 11.4. The molecule has 0 unspecified atom stereocenters. The summed E-state index contributed by atoms with van der Waals surface area (Å²) in [4.78, 5) is 19.8. The van der Waals surface area contributed by atoms with E-state index in [4.69, 9.17) is 21.5 Å². The second-order valence-corrected chi connectivity index (χ2v) is 25.7. The van der Waals surface area contributed by atoms with Crippen LogP contribution < -0.4 is 0 Å². The molecule has 80 heavy (non-hydrogen) atoms. The summed E-state index contributed by atoms with van der Waals surface area (Å²) in [5.41, 5.74) is 18.5. The lowest BCUT2D eigenvalue weighted by Crippen LogP contribution is -2.10. The lowest BCUT2D eigenvalue weighted by atomic mass is 9.85. The van der Waals surface area contributed by atoms with Crippen molar-refractivity contribution in [3.8, 4) is 67.8 Å². The van der Waals surface area contributed by atoms with Crippen LogP contribution in [0.1, 0.15) is 105 Å². The Morgan fingerprint density at radius 2 is 0.650 bits per heavy atom. The molecular weight excluding hydrogens is 973 g/mol. The van der Waals surface area contributed by atoms with Gasteiger partial charge in [0.1, 0.15) is 0 Å². The molecule has 0 saturated carbocycles. The first kappa shape index (κ1) is 51.8. The Bertz CT molecular complexity index is 4240. The van der Waals surface area contributed by atoms with Crippen LogP contribution in [0, 0.1) is 6.57 Å². The highest BCUT2D eigenvalue weighted by molar-refractivity contribution is 6.12. The number of hydrogen-bond donors (Lipinski definition) is 0. The van der Waals surface area contributed by atoms with Crippen molar-refractivity contribution in [1.82, 2.24) is 24.1 Å². The molecule has 0 atom stereocenters. The zero-order valence-corrected chi connectivity index (χ0v) is 48.2. The molecule has 0 N–H and O–H groups in total. The summed E-state index contributed by atoms with van der Waals surface area (Å²) in [5, 5.41) is 4.84. The number of aromatic nitrogens is 5. The summed E-state index contributed by atoms with van der Waals surface area (Å²) in [6.45, 7) is 36.0. The smallest absolute Gasteiger partial charge is 0.194 e. The highest BCUT2D eigenvalue weighted by Crippen LogP contribution is 2.46. The topological polar surface area (TPSA) is 52.9 Å². The van der Waals surface area contributed by atoms with Crippen molar-refractivity contribution in [1.29, 1.82) is 0 Å². The van der Waals surface area contributed by atoms with Gasteiger partial charge in [-0.3, -0.25) is 0 Å². The van der Waals surface area contributed by atoms with Gasteiger partial charge in [-0.2, -0.15) is 0 Å². The largest absolute Gasteiger partial charge is 0.309 e. The van der Waals surface area contributed by atoms with Crippen molar-refractivity contribution < 1.29 is 0 Å². The molecule has 6 nitrogen and oxygen atoms in total. The van der Waals surface area contributed by atoms with Gasteiger partial charge < -0.3 is 9.13 Å². The van der Waals surface area contributed by atoms with Gasteiger partial charge in [0.15, 0.2) is 23.2 Å². The maximum Gasteiger partial charge on any atom is 0.194 e. The number of fused-ring (bicyclic) bond motifs is 6. The lowest BCUT2D eigenvalue weighted by Gasteiger charge is -2.21. The summed E-state index contributed by atoms with van der Waals surface area (Å²) in [5.74, 6) is 1.77. The van der Waals surface area contributed by atoms with Crippen LogP contribution in [0.3, 0.4) is 0 Å². The van der Waals surface area contributed by atoms with Gasteiger partial charge in [0.25, 0.3) is 0 Å². The minimum Gasteiger partial charge on any atom is -0.309 e. The van der Waals surface area contributed by atoms with Gasteiger partial charge in [-0.15, -0.1) is 0 Å². The molecule has 9 aromatic carbocycles. The van der Waals surface area contributed by atoms with Crippen molar-refractivity contribution in [3.63, 3.8) is 0 Å². The van der Waals surface area contributed by atoms with Crippen LogP contribution in [-0.2, 0) is 21.7 Å². The average molecular weight is 1040 g/mol. The van der Waals surface area contributed by atoms with E-state index in [0.29, 0.717) is 23.2 Å². The van der Waals surface area contributed by atoms with E-state index in [1.54, 1.807) is 0 Å². The van der Waals surface area contributed by atoms with Gasteiger partial charge in [0.05, 0.1) is 40.0 Å². The molecule has 3 heterocycles. The SMILES string of the molecule is [C-]#[N+]c1ccccc1-c1cc(-c2cc(-c3nc(-c4ccccc4)nc(-c4ccccc4)n3)ccc2-n2c3ccc(C(C)(C)C)cc3c3cc(C(C)(C)C)ccc32)ccc1-n1c2ccc(C(C)(C)C)cc2c2cc(C(C)(C)C)ccc21. The summed E-state index contributed by atoms with van der Waals surface area (Å²) >= 11 is 0. The molecule has 0 spiro atoms. The van der Waals surface area contributed by atoms with E-state index >= 15 is 0 Å². The van der Waals surface area contributed by atoms with E-state index in [2.05, 4.69) is 243 Å². The second-order valence-electron chi connectivity index (χ2n) is 25.7. The fourth-order valence-electron chi connectivity index (χ4n) is 11.4. The van der Waals surface area contributed by atoms with Crippen molar-refractivity contribution in [3.05, 3.63) is 228 Å². The Morgan fingerprint density at radius 1 is 0.312 bits per heavy atom. The zero-order valence-electron chi connectivity index (χ0n) is 48.2. The summed E-state index contributed by atoms with van der Waals surface area (Å²) in [7, 11) is 0. The third-order valence-electron chi connectivity index (χ3n) is 16.1. The molecule has 6 heteroatoms. The third-order valence-corrected chi connectivity index (χ3v) is 16.1. The van der Waals surface area contributed by atoms with E-state index in [1.807, 2.05) is 48.5 Å². The van der Waals surface area contributed by atoms with E-state index in [-0.39, 0.29) is 21.7 Å². The second kappa shape index (κ2) is 19.2. The fraction of sp³-hybridized carbons (Fsp3) is 0.216. The quantitative estimate of drug-likeness (QED) is 0.150. The first-order valence-corrected chi connectivity index (χ1v) is 28.0. The molecule has 0 aliphatic carbocycles. The molecule has 0 aliphatic heterocycles. The molecule has 0 amide bonds. The Hall–Kier alpha value is -8.92. The van der Waals surface area contributed by atoms with Crippen LogP contribution in [-0.4, -0.2) is 24.1 Å². The number of rotatable bonds is 7. The first-order valence-electron chi connectivity index (χ1n) is 28.0. The Balaban J connectivity index is 1.18. The molecule has 0 radical (unpaired) electrons. The molecule has 0 aliphatic rings. The van der Waals surface area contributed by atoms with Gasteiger partial charge in [0, 0.05) is 43.8 Å². The summed E-state index contributed by atoms with van der Waals surface area (Å²) in [6, 6.07) is 69.9. The van der Waals surface area contributed by atoms with Crippen molar-refractivity contribution in [2.24, 2.45) is 0 Å². The molecule has 12 rings (SSSR count). The van der Waals surface area contributed by atoms with Crippen molar-refractivity contribution in [2.45, 2.75) is 105 Å². The number of nitrogens with zero attached hydrogens (tertiary/aromatic N) is 6. The molecule has 3 aromatic heterocycles. The molecular formula is C74H68N6. The van der Waals surface area contributed by atoms with Crippen LogP contribution >= 0.6 is 0 Å². The number of benzene rings is 9. The Labute approximate surface area is 471 Å². The van der Waals surface area contributed by atoms with E-state index in [0.717, 1.165) is 72.4 Å². The van der Waals surface area contributed by atoms with Gasteiger partial charge in [-0.25, -0.2) is 19.8 Å². The number of para-hydroxylation sites is 1. The predicted octanol–water partition coefficient (Wildman–Crippen LogP) is 20.1. The molecule has 394 valence electrons. The maximum atomic E-state index is 8.59. The minimum atomic E-state index is -0.0568. The Kier molecular flexibility index (Phi) is 12.4. The number of hydrogen-bond acceptors (Lipinski definition) is 3. The normalized spacial score (nSPS) is 12.5. The van der Waals surface area contributed by atoms with Gasteiger partial charge in [-0.1, -0.05) is 198 Å². The van der Waals surface area contributed by atoms with Crippen molar-refractivity contribution >= 4 is 49.3 Å². The van der Waals surface area contributed by atoms with Gasteiger partial charge in [-0.05, 0) is 139 Å². The first-order chi connectivity index (χ1) is 38.1. The summed E-state index contributed by atoms with van der Waals surface area (Å²) in [6.07, 6.45) is 0. The molecule has 0 bridgehead atoms. The van der Waals surface area contributed by atoms with Crippen LogP contribution in [0.15, 0.2) is 194 Å². The Morgan fingerprint density at radius 3 is 1.04 bits per heavy atom. The van der Waals surface area contributed by atoms with E-state index < -0.39 is 0 Å². The van der Waals surface area contributed by atoms with Crippen molar-refractivity contribution in [2.75, 3.05) is 0 Å².